The molecule has 1 aliphatic heterocycles. The number of aromatic nitrogens is 2. The molecule has 0 radical (unpaired) electrons. The molecule has 0 saturated carbocycles. The van der Waals surface area contributed by atoms with Gasteiger partial charge in [-0.25, -0.2) is 0 Å². The molecule has 1 fully saturated rings. The maximum absolute atomic E-state index is 10.3. The van der Waals surface area contributed by atoms with Crippen LogP contribution in [0.15, 0.2) is 36.7 Å². The van der Waals surface area contributed by atoms with Crippen molar-refractivity contribution in [3.63, 3.8) is 0 Å². The number of β-amino-alcohol motifs (C(OH)–C–C–N with tert-alkyl or cyclic N) is 1. The van der Waals surface area contributed by atoms with Crippen molar-refractivity contribution in [3.8, 4) is 5.75 Å². The fraction of sp³-hybridized carbons (Fsp3) is 0.526. The molecule has 0 aliphatic carbocycles. The minimum atomic E-state index is -0.523. The van der Waals surface area contributed by atoms with Crippen LogP contribution in [0.3, 0.4) is 0 Å². The van der Waals surface area contributed by atoms with Crippen molar-refractivity contribution >= 4 is 12.4 Å². The Hall–Kier alpha value is -1.60. The number of halogens is 1. The Morgan fingerprint density at radius 1 is 1.35 bits per heavy atom. The molecule has 0 bridgehead atoms. The second-order valence-corrected chi connectivity index (χ2v) is 6.72. The number of hydrogen-bond acceptors (Lipinski definition) is 5. The van der Waals surface area contributed by atoms with Crippen LogP contribution >= 0.6 is 12.4 Å². The van der Waals surface area contributed by atoms with Crippen LogP contribution in [-0.4, -0.2) is 64.8 Å². The van der Waals surface area contributed by atoms with Gasteiger partial charge in [-0.15, -0.1) is 12.4 Å². The molecule has 2 heterocycles. The lowest BCUT2D eigenvalue weighted by Gasteiger charge is -2.34. The lowest BCUT2D eigenvalue weighted by molar-refractivity contribution is -0.0517. The summed E-state index contributed by atoms with van der Waals surface area (Å²) in [5.41, 5.74) is 2.23. The molecule has 0 spiro atoms. The topological polar surface area (TPSA) is 59.8 Å². The maximum atomic E-state index is 10.3. The highest BCUT2D eigenvalue weighted by molar-refractivity contribution is 5.85. The van der Waals surface area contributed by atoms with Gasteiger partial charge in [0.25, 0.3) is 0 Å². The molecule has 1 aliphatic rings. The van der Waals surface area contributed by atoms with E-state index in [4.69, 9.17) is 9.47 Å². The van der Waals surface area contributed by atoms with E-state index in [-0.39, 0.29) is 18.5 Å². The quantitative estimate of drug-likeness (QED) is 0.795. The Labute approximate surface area is 161 Å². The number of para-hydroxylation sites is 1. The standard InChI is InChI=1S/C19H27N3O3.ClH/c1-15-9-20-22(10-15)13-18-12-21(7-8-24-18)11-17(23)14-25-19-6-4-3-5-16(19)2;/h3-6,9-10,17-18,23H,7-8,11-14H2,1-2H3;1H. The van der Waals surface area contributed by atoms with Crippen molar-refractivity contribution in [2.45, 2.75) is 32.6 Å². The van der Waals surface area contributed by atoms with Gasteiger partial charge in [-0.3, -0.25) is 9.58 Å². The van der Waals surface area contributed by atoms with E-state index in [2.05, 4.69) is 10.00 Å². The number of rotatable bonds is 7. The van der Waals surface area contributed by atoms with Crippen molar-refractivity contribution in [3.05, 3.63) is 47.8 Å². The van der Waals surface area contributed by atoms with Crippen molar-refractivity contribution < 1.29 is 14.6 Å². The molecule has 1 aromatic heterocycles. The van der Waals surface area contributed by atoms with Gasteiger partial charge in [-0.1, -0.05) is 18.2 Å². The largest absolute Gasteiger partial charge is 0.491 e. The maximum Gasteiger partial charge on any atom is 0.122 e. The molecule has 0 amide bonds. The fourth-order valence-corrected chi connectivity index (χ4v) is 3.09. The summed E-state index contributed by atoms with van der Waals surface area (Å²) in [4.78, 5) is 2.23. The van der Waals surface area contributed by atoms with Crippen LogP contribution in [0.25, 0.3) is 0 Å². The van der Waals surface area contributed by atoms with E-state index in [0.29, 0.717) is 19.8 Å². The Bertz CT molecular complexity index is 680. The molecule has 1 saturated heterocycles. The van der Waals surface area contributed by atoms with Gasteiger partial charge in [0.15, 0.2) is 0 Å². The number of benzene rings is 1. The van der Waals surface area contributed by atoms with Crippen LogP contribution in [0.4, 0.5) is 0 Å². The third kappa shape index (κ3) is 5.99. The third-order valence-electron chi connectivity index (χ3n) is 4.37. The second kappa shape index (κ2) is 9.92. The van der Waals surface area contributed by atoms with Gasteiger partial charge in [0.2, 0.25) is 0 Å². The zero-order valence-corrected chi connectivity index (χ0v) is 16.2. The molecule has 1 N–H and O–H groups in total. The zero-order chi connectivity index (χ0) is 17.6. The first-order valence-corrected chi connectivity index (χ1v) is 8.79. The van der Waals surface area contributed by atoms with Gasteiger partial charge in [-0.2, -0.15) is 5.10 Å². The van der Waals surface area contributed by atoms with E-state index >= 15 is 0 Å². The van der Waals surface area contributed by atoms with Crippen LogP contribution in [0, 0.1) is 13.8 Å². The number of aliphatic hydroxyl groups is 1. The third-order valence-corrected chi connectivity index (χ3v) is 4.37. The molecule has 3 rings (SSSR count). The number of nitrogens with zero attached hydrogens (tertiary/aromatic N) is 3. The number of ether oxygens (including phenoxy) is 2. The molecule has 2 aromatic rings. The average Bonchev–Trinajstić information content (AvgIpc) is 2.99. The van der Waals surface area contributed by atoms with Gasteiger partial charge in [0.05, 0.1) is 25.5 Å². The second-order valence-electron chi connectivity index (χ2n) is 6.72. The summed E-state index contributed by atoms with van der Waals surface area (Å²) in [5.74, 6) is 0.829. The SMILES string of the molecule is Cc1cnn(CC2CN(CC(O)COc3ccccc3C)CCO2)c1.Cl. The van der Waals surface area contributed by atoms with Gasteiger partial charge < -0.3 is 14.6 Å². The molecular weight excluding hydrogens is 354 g/mol. The van der Waals surface area contributed by atoms with E-state index in [9.17, 15) is 5.11 Å². The molecule has 2 atom stereocenters. The predicted octanol–water partition coefficient (Wildman–Crippen LogP) is 2.06. The molecule has 2 unspecified atom stereocenters. The lowest BCUT2D eigenvalue weighted by atomic mass is 10.2. The Kier molecular flexibility index (Phi) is 7.90. The summed E-state index contributed by atoms with van der Waals surface area (Å²) >= 11 is 0. The van der Waals surface area contributed by atoms with E-state index in [0.717, 1.165) is 36.5 Å². The number of hydrogen-bond donors (Lipinski definition) is 1. The number of aliphatic hydroxyl groups excluding tert-OH is 1. The van der Waals surface area contributed by atoms with Gasteiger partial charge in [0, 0.05) is 25.8 Å². The van der Waals surface area contributed by atoms with E-state index < -0.39 is 6.10 Å². The lowest BCUT2D eigenvalue weighted by Crippen LogP contribution is -2.47. The summed E-state index contributed by atoms with van der Waals surface area (Å²) in [5, 5.41) is 14.6. The Balaban J connectivity index is 0.00000243. The molecule has 7 heteroatoms. The van der Waals surface area contributed by atoms with Gasteiger partial charge in [-0.05, 0) is 31.0 Å². The summed E-state index contributed by atoms with van der Waals surface area (Å²) < 4.78 is 13.5. The molecule has 6 nitrogen and oxygen atoms in total. The van der Waals surface area contributed by atoms with Crippen molar-refractivity contribution in [1.29, 1.82) is 0 Å². The predicted molar refractivity (Wildman–Crippen MR) is 103 cm³/mol. The van der Waals surface area contributed by atoms with Crippen molar-refractivity contribution in [1.82, 2.24) is 14.7 Å². The number of morpholine rings is 1. The van der Waals surface area contributed by atoms with Crippen LogP contribution in [0.5, 0.6) is 5.75 Å². The summed E-state index contributed by atoms with van der Waals surface area (Å²) in [6.07, 6.45) is 3.45. The first kappa shape index (κ1) is 20.7. The zero-order valence-electron chi connectivity index (χ0n) is 15.4. The summed E-state index contributed by atoms with van der Waals surface area (Å²) in [6.45, 7) is 7.95. The minimum Gasteiger partial charge on any atom is -0.491 e. The monoisotopic (exact) mass is 381 g/mol. The Morgan fingerprint density at radius 2 is 2.15 bits per heavy atom. The van der Waals surface area contributed by atoms with Crippen molar-refractivity contribution in [2.75, 3.05) is 32.8 Å². The highest BCUT2D eigenvalue weighted by Gasteiger charge is 2.23. The van der Waals surface area contributed by atoms with Gasteiger partial charge >= 0.3 is 0 Å². The Morgan fingerprint density at radius 3 is 2.88 bits per heavy atom. The number of aryl methyl sites for hydroxylation is 2. The average molecular weight is 382 g/mol. The van der Waals surface area contributed by atoms with Gasteiger partial charge in [0.1, 0.15) is 18.5 Å². The smallest absolute Gasteiger partial charge is 0.122 e. The van der Waals surface area contributed by atoms with E-state index in [1.54, 1.807) is 0 Å². The van der Waals surface area contributed by atoms with Crippen LogP contribution < -0.4 is 4.74 Å². The first-order chi connectivity index (χ1) is 12.1. The fourth-order valence-electron chi connectivity index (χ4n) is 3.09. The molecule has 144 valence electrons. The summed E-state index contributed by atoms with van der Waals surface area (Å²) in [6, 6.07) is 7.86. The van der Waals surface area contributed by atoms with Crippen LogP contribution in [-0.2, 0) is 11.3 Å². The highest BCUT2D eigenvalue weighted by Crippen LogP contribution is 2.16. The first-order valence-electron chi connectivity index (χ1n) is 8.79. The normalized spacial score (nSPS) is 19.0. The van der Waals surface area contributed by atoms with E-state index in [1.807, 2.05) is 55.2 Å². The van der Waals surface area contributed by atoms with Crippen LogP contribution in [0.2, 0.25) is 0 Å². The van der Waals surface area contributed by atoms with Crippen molar-refractivity contribution in [2.24, 2.45) is 0 Å². The summed E-state index contributed by atoms with van der Waals surface area (Å²) in [7, 11) is 0. The molecule has 26 heavy (non-hydrogen) atoms. The highest BCUT2D eigenvalue weighted by atomic mass is 35.5. The minimum absolute atomic E-state index is 0. The molecule has 1 aromatic carbocycles. The van der Waals surface area contributed by atoms with Crippen LogP contribution in [0.1, 0.15) is 11.1 Å². The molecular formula is C19H28ClN3O3. The van der Waals surface area contributed by atoms with E-state index in [1.165, 1.54) is 0 Å².